The van der Waals surface area contributed by atoms with Crippen LogP contribution in [0, 0.1) is 5.92 Å². The van der Waals surface area contributed by atoms with E-state index < -0.39 is 0 Å². The molecule has 1 heterocycles. The van der Waals surface area contributed by atoms with Crippen molar-refractivity contribution in [2.75, 3.05) is 0 Å². The zero-order valence-electron chi connectivity index (χ0n) is 29.7. The Balaban J connectivity index is 1.68. The SMILES string of the molecule is CCCCCCCCCCCCCCCCC(Cc1ccccc1)C(CCCCCCCCCCCCCC)[n+]1cc[nH]c1. The predicted octanol–water partition coefficient (Wildman–Crippen LogP) is 13.7. The summed E-state index contributed by atoms with van der Waals surface area (Å²) in [5, 5.41) is 0. The minimum absolute atomic E-state index is 0.603. The molecule has 0 spiro atoms. The van der Waals surface area contributed by atoms with Crippen LogP contribution < -0.4 is 4.57 Å². The molecule has 44 heavy (non-hydrogen) atoms. The molecule has 0 aliphatic rings. The second kappa shape index (κ2) is 28.9. The van der Waals surface area contributed by atoms with Crippen LogP contribution in [-0.4, -0.2) is 4.98 Å². The van der Waals surface area contributed by atoms with Crippen molar-refractivity contribution < 1.29 is 4.57 Å². The molecule has 2 nitrogen and oxygen atoms in total. The van der Waals surface area contributed by atoms with Gasteiger partial charge in [-0.05, 0) is 31.2 Å². The van der Waals surface area contributed by atoms with Crippen LogP contribution in [-0.2, 0) is 6.42 Å². The molecule has 0 radical (unpaired) electrons. The van der Waals surface area contributed by atoms with Gasteiger partial charge in [0.1, 0.15) is 18.4 Å². The summed E-state index contributed by atoms with van der Waals surface area (Å²) >= 11 is 0. The highest BCUT2D eigenvalue weighted by atomic mass is 15.1. The van der Waals surface area contributed by atoms with Crippen LogP contribution in [0.25, 0.3) is 0 Å². The van der Waals surface area contributed by atoms with E-state index in [4.69, 9.17) is 0 Å². The van der Waals surface area contributed by atoms with Gasteiger partial charge in [-0.3, -0.25) is 4.98 Å². The molecule has 1 N–H and O–H groups in total. The van der Waals surface area contributed by atoms with Crippen molar-refractivity contribution in [2.45, 2.75) is 206 Å². The second-order valence-corrected chi connectivity index (χ2v) is 14.1. The van der Waals surface area contributed by atoms with Crippen molar-refractivity contribution in [3.8, 4) is 0 Å². The van der Waals surface area contributed by atoms with Crippen LogP contribution in [0.3, 0.4) is 0 Å². The molecule has 0 aliphatic carbocycles. The molecule has 252 valence electrons. The molecule has 2 unspecified atom stereocenters. The molecule has 1 aromatic heterocycles. The van der Waals surface area contributed by atoms with E-state index in [1.807, 2.05) is 0 Å². The highest BCUT2D eigenvalue weighted by Crippen LogP contribution is 2.29. The highest BCUT2D eigenvalue weighted by Gasteiger charge is 2.26. The highest BCUT2D eigenvalue weighted by molar-refractivity contribution is 5.15. The first-order valence-corrected chi connectivity index (χ1v) is 19.9. The van der Waals surface area contributed by atoms with Crippen LogP contribution >= 0.6 is 0 Å². The van der Waals surface area contributed by atoms with Crippen LogP contribution in [0.15, 0.2) is 49.1 Å². The summed E-state index contributed by atoms with van der Waals surface area (Å²) in [7, 11) is 0. The van der Waals surface area contributed by atoms with E-state index in [1.54, 1.807) is 0 Å². The Labute approximate surface area is 275 Å². The molecule has 2 atom stereocenters. The summed E-state index contributed by atoms with van der Waals surface area (Å²) in [6, 6.07) is 11.9. The molecule has 0 aliphatic heterocycles. The van der Waals surface area contributed by atoms with Crippen LogP contribution in [0.4, 0.5) is 0 Å². The van der Waals surface area contributed by atoms with Crippen molar-refractivity contribution in [1.29, 1.82) is 0 Å². The average Bonchev–Trinajstić information content (AvgIpc) is 3.58. The molecule has 0 saturated carbocycles. The van der Waals surface area contributed by atoms with Crippen molar-refractivity contribution in [1.82, 2.24) is 4.98 Å². The number of hydrogen-bond donors (Lipinski definition) is 1. The van der Waals surface area contributed by atoms with Crippen LogP contribution in [0.2, 0.25) is 0 Å². The minimum Gasteiger partial charge on any atom is -0.250 e. The number of H-pyrrole nitrogens is 1. The summed E-state index contributed by atoms with van der Waals surface area (Å²) in [6.07, 6.45) is 47.7. The first-order valence-electron chi connectivity index (χ1n) is 19.9. The minimum atomic E-state index is 0.603. The van der Waals surface area contributed by atoms with Gasteiger partial charge in [0.15, 0.2) is 0 Å². The lowest BCUT2D eigenvalue weighted by Crippen LogP contribution is -2.42. The summed E-state index contributed by atoms with van der Waals surface area (Å²) < 4.78 is 2.51. The summed E-state index contributed by atoms with van der Waals surface area (Å²) in [5.41, 5.74) is 1.51. The zero-order chi connectivity index (χ0) is 31.2. The molecular weight excluding hydrogens is 532 g/mol. The topological polar surface area (TPSA) is 19.7 Å². The molecule has 0 saturated heterocycles. The van der Waals surface area contributed by atoms with E-state index >= 15 is 0 Å². The number of unbranched alkanes of at least 4 members (excludes halogenated alkanes) is 24. The molecule has 0 bridgehead atoms. The summed E-state index contributed by atoms with van der Waals surface area (Å²) in [6.45, 7) is 4.62. The lowest BCUT2D eigenvalue weighted by Gasteiger charge is -2.25. The van der Waals surface area contributed by atoms with E-state index in [0.29, 0.717) is 12.0 Å². The lowest BCUT2D eigenvalue weighted by atomic mass is 9.84. The lowest BCUT2D eigenvalue weighted by molar-refractivity contribution is -0.730. The van der Waals surface area contributed by atoms with Gasteiger partial charge in [0.25, 0.3) is 0 Å². The van der Waals surface area contributed by atoms with Gasteiger partial charge < -0.3 is 0 Å². The second-order valence-electron chi connectivity index (χ2n) is 14.1. The smallest absolute Gasteiger partial charge is 0.241 e. The molecule has 0 fully saturated rings. The Hall–Kier alpha value is -1.57. The Bertz CT molecular complexity index is 814. The van der Waals surface area contributed by atoms with Gasteiger partial charge in [0.05, 0.1) is 0 Å². The molecule has 2 aromatic rings. The monoisotopic (exact) mass is 608 g/mol. The molecule has 2 heteroatoms. The fraction of sp³-hybridized carbons (Fsp3) is 0.786. The number of aromatic nitrogens is 2. The number of rotatable bonds is 32. The van der Waals surface area contributed by atoms with Gasteiger partial charge in [0.2, 0.25) is 6.33 Å². The summed E-state index contributed by atoms with van der Waals surface area (Å²) in [4.78, 5) is 3.36. The standard InChI is InChI=1S/C42H74N2/c1-3-5-7-9-11-13-15-17-18-19-21-23-25-30-34-41(38-40-32-28-27-29-33-40)42(44-37-36-43-39-44)35-31-26-24-22-20-16-14-12-10-8-6-4-2/h27-29,32-33,36-37,39,41-42H,3-26,30-31,34-35,38H2,1-2H3/p+1. The summed E-state index contributed by atoms with van der Waals surface area (Å²) in [5.74, 6) is 0.711. The van der Waals surface area contributed by atoms with Crippen molar-refractivity contribution >= 4 is 0 Å². The van der Waals surface area contributed by atoms with Gasteiger partial charge in [-0.25, -0.2) is 4.57 Å². The normalized spacial score (nSPS) is 13.0. The molecule has 0 amide bonds. The molecule has 1 aromatic carbocycles. The Morgan fingerprint density at radius 2 is 0.909 bits per heavy atom. The molecular formula is C42H75N2+. The quantitative estimate of drug-likeness (QED) is 0.0630. The Morgan fingerprint density at radius 1 is 0.500 bits per heavy atom. The number of benzene rings is 1. The molecule has 2 rings (SSSR count). The first-order chi connectivity index (χ1) is 21.8. The third kappa shape index (κ3) is 20.5. The van der Waals surface area contributed by atoms with Crippen molar-refractivity contribution in [3.05, 3.63) is 54.6 Å². The fourth-order valence-corrected chi connectivity index (χ4v) is 7.28. The van der Waals surface area contributed by atoms with Gasteiger partial charge >= 0.3 is 0 Å². The number of nitrogens with zero attached hydrogens (tertiary/aromatic N) is 1. The maximum absolute atomic E-state index is 3.36. The predicted molar refractivity (Wildman–Crippen MR) is 194 cm³/mol. The average molecular weight is 608 g/mol. The third-order valence-electron chi connectivity index (χ3n) is 10.1. The Morgan fingerprint density at radius 3 is 1.32 bits per heavy atom. The number of imidazole rings is 1. The van der Waals surface area contributed by atoms with Crippen LogP contribution in [0.1, 0.15) is 205 Å². The van der Waals surface area contributed by atoms with E-state index in [2.05, 4.69) is 72.5 Å². The van der Waals surface area contributed by atoms with Crippen molar-refractivity contribution in [2.24, 2.45) is 5.92 Å². The van der Waals surface area contributed by atoms with Gasteiger partial charge in [-0.15, -0.1) is 0 Å². The third-order valence-corrected chi connectivity index (χ3v) is 10.1. The van der Waals surface area contributed by atoms with E-state index in [9.17, 15) is 0 Å². The van der Waals surface area contributed by atoms with Gasteiger partial charge in [-0.2, -0.15) is 0 Å². The zero-order valence-corrected chi connectivity index (χ0v) is 29.7. The number of hydrogen-bond acceptors (Lipinski definition) is 0. The van der Waals surface area contributed by atoms with Crippen molar-refractivity contribution in [3.63, 3.8) is 0 Å². The van der Waals surface area contributed by atoms with E-state index in [-0.39, 0.29) is 0 Å². The first kappa shape index (κ1) is 38.6. The van der Waals surface area contributed by atoms with Crippen LogP contribution in [0.5, 0.6) is 0 Å². The van der Waals surface area contributed by atoms with Gasteiger partial charge in [0, 0.05) is 5.92 Å². The largest absolute Gasteiger partial charge is 0.250 e. The maximum Gasteiger partial charge on any atom is 0.241 e. The van der Waals surface area contributed by atoms with E-state index in [1.165, 1.54) is 192 Å². The number of nitrogens with one attached hydrogen (secondary N) is 1. The maximum atomic E-state index is 3.36. The fourth-order valence-electron chi connectivity index (χ4n) is 7.28. The van der Waals surface area contributed by atoms with E-state index in [0.717, 1.165) is 0 Å². The van der Waals surface area contributed by atoms with Gasteiger partial charge in [-0.1, -0.05) is 205 Å². The number of aromatic amines is 1. The Kier molecular flexibility index (Phi) is 25.3.